The Kier molecular flexibility index (Phi) is 4.54. The van der Waals surface area contributed by atoms with Crippen molar-refractivity contribution >= 4 is 10.1 Å². The van der Waals surface area contributed by atoms with Crippen molar-refractivity contribution < 1.29 is 12.6 Å². The Hall–Kier alpha value is -0.870. The lowest BCUT2D eigenvalue weighted by atomic mass is 10.4. The van der Waals surface area contributed by atoms with Crippen LogP contribution in [0.1, 0.15) is 6.92 Å². The van der Waals surface area contributed by atoms with Gasteiger partial charge in [-0.2, -0.15) is 8.42 Å². The molecule has 0 atom stereocenters. The van der Waals surface area contributed by atoms with Crippen LogP contribution < -0.4 is 0 Å². The van der Waals surface area contributed by atoms with Crippen LogP contribution in [0.25, 0.3) is 0 Å². The van der Waals surface area contributed by atoms with Crippen LogP contribution in [0, 0.1) is 0 Å². The first-order valence-electron chi connectivity index (χ1n) is 3.33. The van der Waals surface area contributed by atoms with Crippen molar-refractivity contribution in [1.82, 2.24) is 0 Å². The molecule has 0 saturated heterocycles. The first-order chi connectivity index (χ1) is 5.52. The molecule has 0 aromatic carbocycles. The summed E-state index contributed by atoms with van der Waals surface area (Å²) < 4.78 is 26.4. The zero-order valence-electron chi connectivity index (χ0n) is 6.99. The molecule has 0 amide bonds. The Morgan fingerprint density at radius 2 is 2.08 bits per heavy atom. The Morgan fingerprint density at radius 3 is 2.50 bits per heavy atom. The standard InChI is InChI=1S/C8H12O3S/c1-4-6-11-12(9,10)7-8(3)5-2/h4-5,7H,1-2,6H2,3H3. The summed E-state index contributed by atoms with van der Waals surface area (Å²) in [6.07, 6.45) is 2.81. The SMILES string of the molecule is C=CCOS(=O)(=O)C=C(C)C=C. The van der Waals surface area contributed by atoms with Gasteiger partial charge in [0.25, 0.3) is 10.1 Å². The molecule has 0 unspecified atom stereocenters. The zero-order valence-corrected chi connectivity index (χ0v) is 7.80. The minimum Gasteiger partial charge on any atom is -0.263 e. The number of rotatable bonds is 5. The maximum Gasteiger partial charge on any atom is 0.290 e. The molecule has 0 bridgehead atoms. The second-order valence-electron chi connectivity index (χ2n) is 2.13. The molecule has 0 fully saturated rings. The van der Waals surface area contributed by atoms with Gasteiger partial charge in [0.2, 0.25) is 0 Å². The molecule has 0 aliphatic carbocycles. The zero-order chi connectivity index (χ0) is 9.61. The molecule has 0 spiro atoms. The number of hydrogen-bond acceptors (Lipinski definition) is 3. The van der Waals surface area contributed by atoms with E-state index in [2.05, 4.69) is 17.3 Å². The Morgan fingerprint density at radius 1 is 1.50 bits per heavy atom. The molecular weight excluding hydrogens is 176 g/mol. The highest BCUT2D eigenvalue weighted by molar-refractivity contribution is 7.89. The van der Waals surface area contributed by atoms with E-state index in [1.165, 1.54) is 12.2 Å². The smallest absolute Gasteiger partial charge is 0.263 e. The van der Waals surface area contributed by atoms with Crippen LogP contribution in [0.5, 0.6) is 0 Å². The lowest BCUT2D eigenvalue weighted by Gasteiger charge is -1.97. The first kappa shape index (κ1) is 11.1. The maximum atomic E-state index is 11.0. The molecule has 12 heavy (non-hydrogen) atoms. The van der Waals surface area contributed by atoms with Crippen LogP contribution in [-0.4, -0.2) is 15.0 Å². The Labute approximate surface area is 73.2 Å². The normalized spacial score (nSPS) is 12.6. The molecule has 0 aromatic rings. The fraction of sp³-hybridized carbons (Fsp3) is 0.250. The molecule has 0 N–H and O–H groups in total. The van der Waals surface area contributed by atoms with E-state index in [1.54, 1.807) is 6.92 Å². The van der Waals surface area contributed by atoms with Gasteiger partial charge in [0.05, 0.1) is 12.0 Å². The molecule has 4 heteroatoms. The fourth-order valence-electron chi connectivity index (χ4n) is 0.453. The molecule has 0 rings (SSSR count). The molecule has 0 radical (unpaired) electrons. The van der Waals surface area contributed by atoms with E-state index in [4.69, 9.17) is 0 Å². The summed E-state index contributed by atoms with van der Waals surface area (Å²) in [5, 5.41) is 1.02. The van der Waals surface area contributed by atoms with Gasteiger partial charge in [-0.3, -0.25) is 4.18 Å². The van der Waals surface area contributed by atoms with E-state index in [9.17, 15) is 8.42 Å². The van der Waals surface area contributed by atoms with Crippen LogP contribution in [0.3, 0.4) is 0 Å². The van der Waals surface area contributed by atoms with Gasteiger partial charge in [-0.15, -0.1) is 6.58 Å². The largest absolute Gasteiger partial charge is 0.290 e. The monoisotopic (exact) mass is 188 g/mol. The average Bonchev–Trinajstić information content (AvgIpc) is 2.00. The van der Waals surface area contributed by atoms with E-state index < -0.39 is 10.1 Å². The molecule has 0 aliphatic rings. The van der Waals surface area contributed by atoms with Gasteiger partial charge >= 0.3 is 0 Å². The molecule has 0 saturated carbocycles. The highest BCUT2D eigenvalue weighted by Crippen LogP contribution is 2.01. The summed E-state index contributed by atoms with van der Waals surface area (Å²) in [4.78, 5) is 0. The fourth-order valence-corrected chi connectivity index (χ4v) is 1.36. The van der Waals surface area contributed by atoms with Crippen LogP contribution >= 0.6 is 0 Å². The quantitative estimate of drug-likeness (QED) is 0.374. The summed E-state index contributed by atoms with van der Waals surface area (Å²) in [5.74, 6) is 0. The van der Waals surface area contributed by atoms with Gasteiger partial charge in [-0.25, -0.2) is 0 Å². The third kappa shape index (κ3) is 4.87. The minimum atomic E-state index is -3.56. The minimum absolute atomic E-state index is 0.0107. The van der Waals surface area contributed by atoms with E-state index in [0.717, 1.165) is 5.41 Å². The van der Waals surface area contributed by atoms with Crippen molar-refractivity contribution in [3.63, 3.8) is 0 Å². The first-order valence-corrected chi connectivity index (χ1v) is 4.80. The van der Waals surface area contributed by atoms with Gasteiger partial charge in [-0.1, -0.05) is 18.7 Å². The van der Waals surface area contributed by atoms with Gasteiger partial charge < -0.3 is 0 Å². The van der Waals surface area contributed by atoms with E-state index in [0.29, 0.717) is 5.57 Å². The lowest BCUT2D eigenvalue weighted by molar-refractivity contribution is 0.364. The Bertz CT molecular complexity index is 285. The van der Waals surface area contributed by atoms with Crippen LogP contribution in [-0.2, 0) is 14.3 Å². The van der Waals surface area contributed by atoms with Gasteiger partial charge in [-0.05, 0) is 12.5 Å². The van der Waals surface area contributed by atoms with Crippen molar-refractivity contribution in [3.8, 4) is 0 Å². The van der Waals surface area contributed by atoms with Crippen molar-refractivity contribution in [2.75, 3.05) is 6.61 Å². The number of allylic oxidation sites excluding steroid dienone is 2. The lowest BCUT2D eigenvalue weighted by Crippen LogP contribution is -2.02. The summed E-state index contributed by atoms with van der Waals surface area (Å²) >= 11 is 0. The summed E-state index contributed by atoms with van der Waals surface area (Å²) in [7, 11) is -3.56. The molecular formula is C8H12O3S. The highest BCUT2D eigenvalue weighted by Gasteiger charge is 2.04. The molecule has 68 valence electrons. The van der Waals surface area contributed by atoms with E-state index >= 15 is 0 Å². The van der Waals surface area contributed by atoms with E-state index in [1.807, 2.05) is 0 Å². The third-order valence-electron chi connectivity index (χ3n) is 1.00. The summed E-state index contributed by atoms with van der Waals surface area (Å²) in [6, 6.07) is 0. The Balaban J connectivity index is 4.42. The summed E-state index contributed by atoms with van der Waals surface area (Å²) in [6.45, 7) is 8.37. The third-order valence-corrected chi connectivity index (χ3v) is 2.13. The number of hydrogen-bond donors (Lipinski definition) is 0. The second kappa shape index (κ2) is 4.90. The van der Waals surface area contributed by atoms with Crippen LogP contribution in [0.15, 0.2) is 36.3 Å². The topological polar surface area (TPSA) is 43.4 Å². The second-order valence-corrected chi connectivity index (χ2v) is 3.59. The highest BCUT2D eigenvalue weighted by atomic mass is 32.2. The van der Waals surface area contributed by atoms with Crippen molar-refractivity contribution in [2.24, 2.45) is 0 Å². The molecule has 0 aromatic heterocycles. The molecule has 0 aliphatic heterocycles. The van der Waals surface area contributed by atoms with E-state index in [-0.39, 0.29) is 6.61 Å². The molecule has 3 nitrogen and oxygen atoms in total. The maximum absolute atomic E-state index is 11.0. The van der Waals surface area contributed by atoms with Crippen LogP contribution in [0.4, 0.5) is 0 Å². The van der Waals surface area contributed by atoms with Gasteiger partial charge in [0.1, 0.15) is 0 Å². The summed E-state index contributed by atoms with van der Waals surface area (Å²) in [5.41, 5.74) is 0.541. The average molecular weight is 188 g/mol. The van der Waals surface area contributed by atoms with Crippen molar-refractivity contribution in [3.05, 3.63) is 36.3 Å². The van der Waals surface area contributed by atoms with Gasteiger partial charge in [0, 0.05) is 0 Å². The molecule has 0 heterocycles. The van der Waals surface area contributed by atoms with Crippen LogP contribution in [0.2, 0.25) is 0 Å². The van der Waals surface area contributed by atoms with Crippen molar-refractivity contribution in [1.29, 1.82) is 0 Å². The predicted molar refractivity (Wildman–Crippen MR) is 49.0 cm³/mol. The predicted octanol–water partition coefficient (Wildman–Crippen LogP) is 1.61. The van der Waals surface area contributed by atoms with Gasteiger partial charge in [0.15, 0.2) is 0 Å². The van der Waals surface area contributed by atoms with Crippen molar-refractivity contribution in [2.45, 2.75) is 6.92 Å².